The van der Waals surface area contributed by atoms with Gasteiger partial charge in [-0.1, -0.05) is 36.0 Å². The first-order valence-electron chi connectivity index (χ1n) is 8.84. The van der Waals surface area contributed by atoms with E-state index in [0.29, 0.717) is 11.8 Å². The summed E-state index contributed by atoms with van der Waals surface area (Å²) in [5.74, 6) is -2.24. The summed E-state index contributed by atoms with van der Waals surface area (Å²) >= 11 is 0.593. The van der Waals surface area contributed by atoms with Crippen LogP contribution in [0.4, 0.5) is 5.69 Å². The summed E-state index contributed by atoms with van der Waals surface area (Å²) in [6, 6.07) is 11.6. The first kappa shape index (κ1) is 21.1. The van der Waals surface area contributed by atoms with E-state index in [-0.39, 0.29) is 17.7 Å². The van der Waals surface area contributed by atoms with E-state index < -0.39 is 33.7 Å². The predicted molar refractivity (Wildman–Crippen MR) is 111 cm³/mol. The Labute approximate surface area is 174 Å². The van der Waals surface area contributed by atoms with Gasteiger partial charge in [0.2, 0.25) is 5.12 Å². The number of amides is 1. The fraction of sp³-hybridized carbons (Fsp3) is 0.150. The van der Waals surface area contributed by atoms with E-state index in [1.165, 1.54) is 18.2 Å². The van der Waals surface area contributed by atoms with Crippen LogP contribution in [0, 0.1) is 10.1 Å². The zero-order valence-electron chi connectivity index (χ0n) is 15.5. The van der Waals surface area contributed by atoms with Gasteiger partial charge in [-0.15, -0.1) is 0 Å². The van der Waals surface area contributed by atoms with E-state index in [1.807, 2.05) is 24.3 Å². The minimum absolute atomic E-state index is 0.0316. The number of thioether (sulfide) groups is 1. The quantitative estimate of drug-likeness (QED) is 0.370. The summed E-state index contributed by atoms with van der Waals surface area (Å²) in [7, 11) is 0. The number of aliphatic carboxylic acids is 1. The number of hydrogen-bond acceptors (Lipinski definition) is 6. The van der Waals surface area contributed by atoms with Gasteiger partial charge in [0.05, 0.1) is 10.7 Å². The Morgan fingerprint density at radius 1 is 1.17 bits per heavy atom. The number of benzene rings is 2. The Kier molecular flexibility index (Phi) is 6.48. The molecule has 0 unspecified atom stereocenters. The van der Waals surface area contributed by atoms with Crippen LogP contribution in [-0.4, -0.2) is 43.8 Å². The number of aromatic nitrogens is 1. The van der Waals surface area contributed by atoms with Gasteiger partial charge in [-0.2, -0.15) is 0 Å². The van der Waals surface area contributed by atoms with Crippen molar-refractivity contribution in [3.8, 4) is 0 Å². The molecule has 0 aliphatic rings. The van der Waals surface area contributed by atoms with Crippen molar-refractivity contribution in [1.29, 1.82) is 0 Å². The van der Waals surface area contributed by atoms with Gasteiger partial charge >= 0.3 is 5.97 Å². The number of nitrogens with one attached hydrogen (secondary N) is 2. The molecule has 0 aliphatic carbocycles. The zero-order chi connectivity index (χ0) is 21.7. The standard InChI is InChI=1S/C20H17N3O6S/c24-18(25)11-30-20(27)17(9-13-10-21-16-7-2-1-6-15(13)16)22-19(26)12-4-3-5-14(8-12)23(28)29/h1-8,10,17,21H,9,11H2,(H,22,26)(H,24,25)/t17-/m0/s1. The van der Waals surface area contributed by atoms with E-state index in [9.17, 15) is 24.5 Å². The van der Waals surface area contributed by atoms with Crippen LogP contribution in [0.3, 0.4) is 0 Å². The largest absolute Gasteiger partial charge is 0.481 e. The lowest BCUT2D eigenvalue weighted by molar-refractivity contribution is -0.384. The van der Waals surface area contributed by atoms with Crippen LogP contribution in [0.2, 0.25) is 0 Å². The lowest BCUT2D eigenvalue weighted by atomic mass is 10.0. The van der Waals surface area contributed by atoms with Crippen molar-refractivity contribution in [2.24, 2.45) is 0 Å². The summed E-state index contributed by atoms with van der Waals surface area (Å²) in [5, 5.41) is 22.8. The number of hydrogen-bond donors (Lipinski definition) is 3. The average Bonchev–Trinajstić information content (AvgIpc) is 3.14. The molecule has 0 radical (unpaired) electrons. The number of para-hydroxylation sites is 1. The molecule has 0 aliphatic heterocycles. The van der Waals surface area contributed by atoms with Crippen LogP contribution in [0.25, 0.3) is 10.9 Å². The highest BCUT2D eigenvalue weighted by Gasteiger charge is 2.25. The van der Waals surface area contributed by atoms with E-state index in [1.54, 1.807) is 6.20 Å². The Hall–Kier alpha value is -3.66. The third kappa shape index (κ3) is 5.03. The summed E-state index contributed by atoms with van der Waals surface area (Å²) in [6.45, 7) is 0. The van der Waals surface area contributed by atoms with Crippen molar-refractivity contribution < 1.29 is 24.4 Å². The minimum Gasteiger partial charge on any atom is -0.481 e. The molecule has 10 heteroatoms. The van der Waals surface area contributed by atoms with Gasteiger partial charge in [0.25, 0.3) is 11.6 Å². The number of non-ortho nitro benzene ring substituents is 1. The smallest absolute Gasteiger partial charge is 0.313 e. The minimum atomic E-state index is -1.15. The molecule has 1 heterocycles. The molecule has 0 bridgehead atoms. The van der Waals surface area contributed by atoms with E-state index >= 15 is 0 Å². The molecule has 0 saturated carbocycles. The maximum atomic E-state index is 12.6. The topological polar surface area (TPSA) is 142 Å². The number of nitrogens with zero attached hydrogens (tertiary/aromatic N) is 1. The normalized spacial score (nSPS) is 11.7. The molecule has 2 aromatic carbocycles. The Morgan fingerprint density at radius 3 is 2.67 bits per heavy atom. The second-order valence-corrected chi connectivity index (χ2v) is 7.38. The summed E-state index contributed by atoms with van der Waals surface area (Å²) in [4.78, 5) is 49.5. The predicted octanol–water partition coefficient (Wildman–Crippen LogP) is 2.76. The van der Waals surface area contributed by atoms with E-state index in [2.05, 4.69) is 10.3 Å². The molecule has 3 aromatic rings. The van der Waals surface area contributed by atoms with Gasteiger partial charge in [-0.05, 0) is 17.7 Å². The molecule has 0 saturated heterocycles. The SMILES string of the molecule is O=C(O)CSC(=O)[C@H](Cc1c[nH]c2ccccc12)NC(=O)c1cccc([N+](=O)[O-])c1. The van der Waals surface area contributed by atoms with Crippen LogP contribution < -0.4 is 5.32 Å². The number of nitro groups is 1. The molecular formula is C20H17N3O6S. The molecule has 9 nitrogen and oxygen atoms in total. The number of aromatic amines is 1. The molecule has 0 spiro atoms. The summed E-state index contributed by atoms with van der Waals surface area (Å²) in [5.41, 5.74) is 1.42. The Balaban J connectivity index is 1.84. The number of rotatable bonds is 8. The van der Waals surface area contributed by atoms with Gasteiger partial charge in [0.15, 0.2) is 0 Å². The van der Waals surface area contributed by atoms with Crippen LogP contribution in [-0.2, 0) is 16.0 Å². The first-order chi connectivity index (χ1) is 14.3. The molecule has 0 fully saturated rings. The van der Waals surface area contributed by atoms with Crippen molar-refractivity contribution >= 4 is 45.3 Å². The monoisotopic (exact) mass is 427 g/mol. The molecule has 3 N–H and O–H groups in total. The number of fused-ring (bicyclic) bond motifs is 1. The van der Waals surface area contributed by atoms with Gasteiger partial charge in [0.1, 0.15) is 6.04 Å². The van der Waals surface area contributed by atoms with Gasteiger partial charge in [-0.3, -0.25) is 24.5 Å². The lowest BCUT2D eigenvalue weighted by Gasteiger charge is -2.17. The lowest BCUT2D eigenvalue weighted by Crippen LogP contribution is -2.41. The highest BCUT2D eigenvalue weighted by molar-refractivity contribution is 8.14. The van der Waals surface area contributed by atoms with Crippen LogP contribution in [0.1, 0.15) is 15.9 Å². The molecule has 1 amide bonds. The maximum absolute atomic E-state index is 12.6. The Morgan fingerprint density at radius 2 is 1.93 bits per heavy atom. The third-order valence-electron chi connectivity index (χ3n) is 4.35. The first-order valence-corrected chi connectivity index (χ1v) is 9.82. The second-order valence-electron chi connectivity index (χ2n) is 6.40. The van der Waals surface area contributed by atoms with Crippen LogP contribution in [0.5, 0.6) is 0 Å². The van der Waals surface area contributed by atoms with Crippen LogP contribution >= 0.6 is 11.8 Å². The number of H-pyrrole nitrogens is 1. The average molecular weight is 427 g/mol. The highest BCUT2D eigenvalue weighted by atomic mass is 32.2. The number of carboxylic acids is 1. The highest BCUT2D eigenvalue weighted by Crippen LogP contribution is 2.21. The van der Waals surface area contributed by atoms with E-state index in [4.69, 9.17) is 5.11 Å². The zero-order valence-corrected chi connectivity index (χ0v) is 16.3. The molecular weight excluding hydrogens is 410 g/mol. The number of nitro benzene ring substituents is 1. The fourth-order valence-corrected chi connectivity index (χ4v) is 3.56. The third-order valence-corrected chi connectivity index (χ3v) is 5.31. The number of carbonyl (C=O) groups is 3. The van der Waals surface area contributed by atoms with Gasteiger partial charge < -0.3 is 15.4 Å². The number of carboxylic acid groups (broad SMARTS) is 1. The van der Waals surface area contributed by atoms with Gasteiger partial charge in [-0.25, -0.2) is 0 Å². The number of carbonyl (C=O) groups excluding carboxylic acids is 2. The Bertz CT molecular complexity index is 1130. The molecule has 30 heavy (non-hydrogen) atoms. The fourth-order valence-electron chi connectivity index (χ4n) is 2.95. The van der Waals surface area contributed by atoms with Crippen molar-refractivity contribution in [2.75, 3.05) is 5.75 Å². The molecule has 1 aromatic heterocycles. The van der Waals surface area contributed by atoms with Crippen molar-refractivity contribution in [1.82, 2.24) is 10.3 Å². The van der Waals surface area contributed by atoms with Crippen molar-refractivity contribution in [3.63, 3.8) is 0 Å². The summed E-state index contributed by atoms with van der Waals surface area (Å²) in [6.07, 6.45) is 1.86. The van der Waals surface area contributed by atoms with E-state index in [0.717, 1.165) is 22.5 Å². The molecule has 1 atom stereocenters. The molecule has 3 rings (SSSR count). The summed E-state index contributed by atoms with van der Waals surface area (Å²) < 4.78 is 0. The van der Waals surface area contributed by atoms with Crippen molar-refractivity contribution in [3.05, 3.63) is 76.0 Å². The second kappa shape index (κ2) is 9.23. The molecule has 154 valence electrons. The van der Waals surface area contributed by atoms with Gasteiger partial charge in [0, 0.05) is 41.2 Å². The van der Waals surface area contributed by atoms with Crippen LogP contribution in [0.15, 0.2) is 54.7 Å². The van der Waals surface area contributed by atoms with Crippen molar-refractivity contribution in [2.45, 2.75) is 12.5 Å². The maximum Gasteiger partial charge on any atom is 0.313 e.